The van der Waals surface area contributed by atoms with Gasteiger partial charge < -0.3 is 9.30 Å². The van der Waals surface area contributed by atoms with Crippen LogP contribution in [0.2, 0.25) is 0 Å². The van der Waals surface area contributed by atoms with E-state index < -0.39 is 0 Å². The molecule has 0 amide bonds. The van der Waals surface area contributed by atoms with Gasteiger partial charge in [-0.2, -0.15) is 0 Å². The first-order valence-electron chi connectivity index (χ1n) is 8.77. The topological polar surface area (TPSA) is 31.2 Å². The Balaban J connectivity index is 2.32. The standard InChI is InChI=1S/C22H22FNO2/c1-4-26-22(25)21-19(15(2)3)14-20(16-8-6-5-7-9-16)24(21)18-12-10-17(23)11-13-18/h5-15H,4H2,1-3H3. The quantitative estimate of drug-likeness (QED) is 0.562. The molecule has 26 heavy (non-hydrogen) atoms. The molecule has 0 saturated carbocycles. The van der Waals surface area contributed by atoms with Crippen molar-refractivity contribution in [2.75, 3.05) is 6.61 Å². The van der Waals surface area contributed by atoms with Crippen molar-refractivity contribution in [3.05, 3.63) is 77.7 Å². The van der Waals surface area contributed by atoms with Crippen LogP contribution in [0.5, 0.6) is 0 Å². The molecule has 3 nitrogen and oxygen atoms in total. The maximum atomic E-state index is 13.4. The summed E-state index contributed by atoms with van der Waals surface area (Å²) in [6.07, 6.45) is 0. The molecule has 0 N–H and O–H groups in total. The molecule has 4 heteroatoms. The van der Waals surface area contributed by atoms with Crippen LogP contribution in [0.15, 0.2) is 60.7 Å². The highest BCUT2D eigenvalue weighted by atomic mass is 19.1. The van der Waals surface area contributed by atoms with Gasteiger partial charge in [-0.15, -0.1) is 0 Å². The summed E-state index contributed by atoms with van der Waals surface area (Å²) in [6, 6.07) is 18.0. The molecule has 0 atom stereocenters. The fraction of sp³-hybridized carbons (Fsp3) is 0.227. The van der Waals surface area contributed by atoms with E-state index in [1.54, 1.807) is 19.1 Å². The number of esters is 1. The number of ether oxygens (including phenoxy) is 1. The fourth-order valence-corrected chi connectivity index (χ4v) is 3.06. The molecule has 0 bridgehead atoms. The molecule has 0 radical (unpaired) electrons. The molecule has 0 spiro atoms. The molecule has 1 aromatic heterocycles. The molecular weight excluding hydrogens is 329 g/mol. The largest absolute Gasteiger partial charge is 0.461 e. The highest BCUT2D eigenvalue weighted by molar-refractivity contribution is 5.92. The average Bonchev–Trinajstić information content (AvgIpc) is 3.04. The summed E-state index contributed by atoms with van der Waals surface area (Å²) in [5.41, 5.74) is 3.98. The van der Waals surface area contributed by atoms with Crippen LogP contribution >= 0.6 is 0 Å². The normalized spacial score (nSPS) is 11.0. The molecule has 0 aliphatic carbocycles. The van der Waals surface area contributed by atoms with Gasteiger partial charge in [0, 0.05) is 5.69 Å². The summed E-state index contributed by atoms with van der Waals surface area (Å²) in [7, 11) is 0. The maximum Gasteiger partial charge on any atom is 0.355 e. The minimum absolute atomic E-state index is 0.138. The third-order valence-corrected chi connectivity index (χ3v) is 4.28. The van der Waals surface area contributed by atoms with Crippen LogP contribution in [-0.4, -0.2) is 17.1 Å². The lowest BCUT2D eigenvalue weighted by molar-refractivity contribution is 0.0515. The van der Waals surface area contributed by atoms with Crippen LogP contribution in [-0.2, 0) is 4.74 Å². The Morgan fingerprint density at radius 1 is 1.08 bits per heavy atom. The Morgan fingerprint density at radius 2 is 1.73 bits per heavy atom. The zero-order valence-electron chi connectivity index (χ0n) is 15.2. The summed E-state index contributed by atoms with van der Waals surface area (Å²) < 4.78 is 20.6. The van der Waals surface area contributed by atoms with E-state index in [2.05, 4.69) is 0 Å². The highest BCUT2D eigenvalue weighted by Crippen LogP contribution is 2.34. The minimum atomic E-state index is -0.372. The first-order chi connectivity index (χ1) is 12.5. The van der Waals surface area contributed by atoms with Gasteiger partial charge in [-0.3, -0.25) is 0 Å². The van der Waals surface area contributed by atoms with Gasteiger partial charge in [0.1, 0.15) is 11.5 Å². The average molecular weight is 351 g/mol. The van der Waals surface area contributed by atoms with E-state index in [-0.39, 0.29) is 17.7 Å². The van der Waals surface area contributed by atoms with E-state index in [9.17, 15) is 9.18 Å². The summed E-state index contributed by atoms with van der Waals surface area (Å²) in [4.78, 5) is 12.8. The van der Waals surface area contributed by atoms with Crippen LogP contribution in [0, 0.1) is 5.82 Å². The zero-order valence-corrected chi connectivity index (χ0v) is 15.2. The van der Waals surface area contributed by atoms with E-state index in [1.807, 2.05) is 54.8 Å². The Morgan fingerprint density at radius 3 is 2.31 bits per heavy atom. The predicted octanol–water partition coefficient (Wildman–Crippen LogP) is 5.58. The number of carbonyl (C=O) groups is 1. The number of nitrogens with zero attached hydrogens (tertiary/aromatic N) is 1. The molecule has 3 rings (SSSR count). The summed E-state index contributed by atoms with van der Waals surface area (Å²) in [6.45, 7) is 6.17. The molecule has 3 aromatic rings. The van der Waals surface area contributed by atoms with E-state index >= 15 is 0 Å². The second kappa shape index (κ2) is 7.56. The summed E-state index contributed by atoms with van der Waals surface area (Å²) in [5.74, 6) is -0.551. The number of rotatable bonds is 5. The van der Waals surface area contributed by atoms with Crippen molar-refractivity contribution < 1.29 is 13.9 Å². The van der Waals surface area contributed by atoms with Crippen molar-refractivity contribution in [1.29, 1.82) is 0 Å². The Bertz CT molecular complexity index is 896. The molecule has 0 aliphatic rings. The van der Waals surface area contributed by atoms with E-state index in [1.165, 1.54) is 12.1 Å². The van der Waals surface area contributed by atoms with Crippen molar-refractivity contribution in [3.8, 4) is 16.9 Å². The number of hydrogen-bond donors (Lipinski definition) is 0. The molecule has 2 aromatic carbocycles. The maximum absolute atomic E-state index is 13.4. The van der Waals surface area contributed by atoms with Gasteiger partial charge in [0.25, 0.3) is 0 Å². The lowest BCUT2D eigenvalue weighted by Crippen LogP contribution is -2.14. The number of aromatic nitrogens is 1. The van der Waals surface area contributed by atoms with Gasteiger partial charge in [-0.25, -0.2) is 9.18 Å². The van der Waals surface area contributed by atoms with Crippen LogP contribution < -0.4 is 0 Å². The number of hydrogen-bond acceptors (Lipinski definition) is 2. The van der Waals surface area contributed by atoms with Gasteiger partial charge in [0.2, 0.25) is 0 Å². The van der Waals surface area contributed by atoms with Gasteiger partial charge >= 0.3 is 5.97 Å². The minimum Gasteiger partial charge on any atom is -0.461 e. The second-order valence-electron chi connectivity index (χ2n) is 6.39. The Kier molecular flexibility index (Phi) is 5.21. The van der Waals surface area contributed by atoms with Crippen LogP contribution in [0.1, 0.15) is 42.7 Å². The van der Waals surface area contributed by atoms with Crippen molar-refractivity contribution >= 4 is 5.97 Å². The number of carbonyl (C=O) groups excluding carboxylic acids is 1. The van der Waals surface area contributed by atoms with E-state index in [0.717, 1.165) is 22.5 Å². The number of halogens is 1. The Hall–Kier alpha value is -2.88. The first kappa shape index (κ1) is 17.9. The molecule has 0 unspecified atom stereocenters. The third-order valence-electron chi connectivity index (χ3n) is 4.28. The Labute approximate surface area is 153 Å². The van der Waals surface area contributed by atoms with Crippen molar-refractivity contribution in [2.24, 2.45) is 0 Å². The first-order valence-corrected chi connectivity index (χ1v) is 8.77. The van der Waals surface area contributed by atoms with Gasteiger partial charge in [0.15, 0.2) is 0 Å². The van der Waals surface area contributed by atoms with Crippen molar-refractivity contribution in [3.63, 3.8) is 0 Å². The van der Waals surface area contributed by atoms with E-state index in [4.69, 9.17) is 4.74 Å². The third kappa shape index (κ3) is 3.40. The van der Waals surface area contributed by atoms with Crippen molar-refractivity contribution in [2.45, 2.75) is 26.7 Å². The predicted molar refractivity (Wildman–Crippen MR) is 101 cm³/mol. The van der Waals surface area contributed by atoms with E-state index in [0.29, 0.717) is 12.3 Å². The smallest absolute Gasteiger partial charge is 0.355 e. The molecule has 0 fully saturated rings. The lowest BCUT2D eigenvalue weighted by atomic mass is 10.0. The van der Waals surface area contributed by atoms with Crippen LogP contribution in [0.3, 0.4) is 0 Å². The molecular formula is C22H22FNO2. The summed E-state index contributed by atoms with van der Waals surface area (Å²) in [5, 5.41) is 0. The van der Waals surface area contributed by atoms with Gasteiger partial charge in [-0.05, 0) is 54.3 Å². The van der Waals surface area contributed by atoms with Crippen LogP contribution in [0.4, 0.5) is 4.39 Å². The highest BCUT2D eigenvalue weighted by Gasteiger charge is 2.25. The monoisotopic (exact) mass is 351 g/mol. The molecule has 0 aliphatic heterocycles. The van der Waals surface area contributed by atoms with Gasteiger partial charge in [-0.1, -0.05) is 44.2 Å². The molecule has 134 valence electrons. The fourth-order valence-electron chi connectivity index (χ4n) is 3.06. The molecule has 0 saturated heterocycles. The number of benzene rings is 2. The van der Waals surface area contributed by atoms with Crippen LogP contribution in [0.25, 0.3) is 16.9 Å². The van der Waals surface area contributed by atoms with Crippen molar-refractivity contribution in [1.82, 2.24) is 4.57 Å². The molecule has 1 heterocycles. The summed E-state index contributed by atoms with van der Waals surface area (Å²) >= 11 is 0. The second-order valence-corrected chi connectivity index (χ2v) is 6.39. The zero-order chi connectivity index (χ0) is 18.7. The van der Waals surface area contributed by atoms with Gasteiger partial charge in [0.05, 0.1) is 12.3 Å². The SMILES string of the molecule is CCOC(=O)c1c(C(C)C)cc(-c2ccccc2)n1-c1ccc(F)cc1. The lowest BCUT2D eigenvalue weighted by Gasteiger charge is -2.15.